The first kappa shape index (κ1) is 16.0. The van der Waals surface area contributed by atoms with Gasteiger partial charge in [-0.3, -0.25) is 4.79 Å². The summed E-state index contributed by atoms with van der Waals surface area (Å²) in [5, 5.41) is 7.12. The molecule has 0 radical (unpaired) electrons. The van der Waals surface area contributed by atoms with Crippen molar-refractivity contribution < 1.29 is 4.79 Å². The van der Waals surface area contributed by atoms with Crippen LogP contribution < -0.4 is 10.6 Å². The molecule has 1 unspecified atom stereocenters. The standard InChI is InChI=1S/C19H21ClN2O/c20-16-9-7-14(8-10-16)18-6-2-1-4-15(18)13-22-19(23)12-17-5-3-11-21-17/h1-2,4,6-10,17,21H,3,5,11-13H2,(H,22,23). The van der Waals surface area contributed by atoms with Crippen molar-refractivity contribution in [3.05, 3.63) is 59.1 Å². The lowest BCUT2D eigenvalue weighted by Crippen LogP contribution is -2.31. The smallest absolute Gasteiger partial charge is 0.221 e. The van der Waals surface area contributed by atoms with E-state index < -0.39 is 0 Å². The Morgan fingerprint density at radius 2 is 1.96 bits per heavy atom. The van der Waals surface area contributed by atoms with E-state index in [1.807, 2.05) is 36.4 Å². The Hall–Kier alpha value is -1.84. The zero-order valence-corrected chi connectivity index (χ0v) is 13.8. The SMILES string of the molecule is O=C(CC1CCCN1)NCc1ccccc1-c1ccc(Cl)cc1. The average molecular weight is 329 g/mol. The summed E-state index contributed by atoms with van der Waals surface area (Å²) in [4.78, 5) is 12.1. The fraction of sp³-hybridized carbons (Fsp3) is 0.316. The number of nitrogens with one attached hydrogen (secondary N) is 2. The Kier molecular flexibility index (Phi) is 5.31. The minimum atomic E-state index is 0.107. The highest BCUT2D eigenvalue weighted by atomic mass is 35.5. The van der Waals surface area contributed by atoms with Crippen LogP contribution in [0.1, 0.15) is 24.8 Å². The predicted octanol–water partition coefficient (Wildman–Crippen LogP) is 3.77. The van der Waals surface area contributed by atoms with Crippen molar-refractivity contribution in [3.63, 3.8) is 0 Å². The van der Waals surface area contributed by atoms with Crippen molar-refractivity contribution in [2.75, 3.05) is 6.54 Å². The van der Waals surface area contributed by atoms with Crippen molar-refractivity contribution in [2.24, 2.45) is 0 Å². The second kappa shape index (κ2) is 7.62. The summed E-state index contributed by atoms with van der Waals surface area (Å²) in [6.45, 7) is 1.57. The molecule has 2 aromatic carbocycles. The molecule has 0 bridgehead atoms. The van der Waals surface area contributed by atoms with E-state index in [4.69, 9.17) is 11.6 Å². The summed E-state index contributed by atoms with van der Waals surface area (Å²) in [6.07, 6.45) is 2.81. The van der Waals surface area contributed by atoms with Gasteiger partial charge in [0.2, 0.25) is 5.91 Å². The summed E-state index contributed by atoms with van der Waals surface area (Å²) in [7, 11) is 0. The molecule has 1 fully saturated rings. The Bertz CT molecular complexity index is 663. The van der Waals surface area contributed by atoms with Gasteiger partial charge in [-0.25, -0.2) is 0 Å². The molecule has 2 aromatic rings. The molecule has 1 atom stereocenters. The van der Waals surface area contributed by atoms with Gasteiger partial charge in [-0.1, -0.05) is 48.0 Å². The molecule has 0 aliphatic carbocycles. The highest BCUT2D eigenvalue weighted by Gasteiger charge is 2.17. The van der Waals surface area contributed by atoms with Gasteiger partial charge in [0, 0.05) is 24.0 Å². The number of carbonyl (C=O) groups excluding carboxylic acids is 1. The van der Waals surface area contributed by atoms with E-state index in [2.05, 4.69) is 22.8 Å². The topological polar surface area (TPSA) is 41.1 Å². The molecular formula is C19H21ClN2O. The molecule has 3 rings (SSSR count). The quantitative estimate of drug-likeness (QED) is 0.877. The molecule has 0 saturated carbocycles. The maximum absolute atomic E-state index is 12.1. The molecule has 1 saturated heterocycles. The van der Waals surface area contributed by atoms with Crippen molar-refractivity contribution in [3.8, 4) is 11.1 Å². The maximum Gasteiger partial charge on any atom is 0.221 e. The van der Waals surface area contributed by atoms with E-state index in [0.29, 0.717) is 19.0 Å². The second-order valence-corrected chi connectivity index (χ2v) is 6.37. The van der Waals surface area contributed by atoms with Gasteiger partial charge in [0.15, 0.2) is 0 Å². The van der Waals surface area contributed by atoms with Gasteiger partial charge in [-0.15, -0.1) is 0 Å². The molecule has 0 spiro atoms. The molecule has 0 aromatic heterocycles. The van der Waals surface area contributed by atoms with E-state index in [-0.39, 0.29) is 5.91 Å². The van der Waals surface area contributed by atoms with Crippen LogP contribution in [-0.4, -0.2) is 18.5 Å². The first-order valence-electron chi connectivity index (χ1n) is 8.06. The molecule has 2 N–H and O–H groups in total. The predicted molar refractivity (Wildman–Crippen MR) is 94.4 cm³/mol. The monoisotopic (exact) mass is 328 g/mol. The van der Waals surface area contributed by atoms with Crippen molar-refractivity contribution in [1.29, 1.82) is 0 Å². The van der Waals surface area contributed by atoms with E-state index in [0.717, 1.165) is 41.1 Å². The zero-order valence-electron chi connectivity index (χ0n) is 13.0. The van der Waals surface area contributed by atoms with E-state index in [1.165, 1.54) is 0 Å². The van der Waals surface area contributed by atoms with Crippen LogP contribution in [0.2, 0.25) is 5.02 Å². The maximum atomic E-state index is 12.1. The lowest BCUT2D eigenvalue weighted by Gasteiger charge is -2.13. The first-order valence-corrected chi connectivity index (χ1v) is 8.44. The van der Waals surface area contributed by atoms with Gasteiger partial charge in [0.1, 0.15) is 0 Å². The number of rotatable bonds is 5. The van der Waals surface area contributed by atoms with Crippen LogP contribution in [0.15, 0.2) is 48.5 Å². The van der Waals surface area contributed by atoms with Crippen LogP contribution in [-0.2, 0) is 11.3 Å². The van der Waals surface area contributed by atoms with E-state index in [9.17, 15) is 4.79 Å². The van der Waals surface area contributed by atoms with Crippen molar-refractivity contribution >= 4 is 17.5 Å². The summed E-state index contributed by atoms with van der Waals surface area (Å²) in [5.41, 5.74) is 3.35. The largest absolute Gasteiger partial charge is 0.352 e. The first-order chi connectivity index (χ1) is 11.2. The summed E-state index contributed by atoms with van der Waals surface area (Å²) in [6, 6.07) is 16.3. The van der Waals surface area contributed by atoms with Gasteiger partial charge in [0.25, 0.3) is 0 Å². The van der Waals surface area contributed by atoms with E-state index >= 15 is 0 Å². The Balaban J connectivity index is 1.65. The van der Waals surface area contributed by atoms with Gasteiger partial charge in [0.05, 0.1) is 0 Å². The molecule has 120 valence electrons. The Labute approximate surface area is 142 Å². The third-order valence-electron chi connectivity index (χ3n) is 4.24. The lowest BCUT2D eigenvalue weighted by atomic mass is 9.99. The third kappa shape index (κ3) is 4.34. The van der Waals surface area contributed by atoms with Gasteiger partial charge < -0.3 is 10.6 Å². The number of benzene rings is 2. The van der Waals surface area contributed by atoms with Gasteiger partial charge in [-0.2, -0.15) is 0 Å². The van der Waals surface area contributed by atoms with E-state index in [1.54, 1.807) is 0 Å². The number of hydrogen-bond donors (Lipinski definition) is 2. The van der Waals surface area contributed by atoms with Crippen LogP contribution >= 0.6 is 11.6 Å². The molecule has 3 nitrogen and oxygen atoms in total. The molecule has 1 aliphatic rings. The molecular weight excluding hydrogens is 308 g/mol. The van der Waals surface area contributed by atoms with Crippen LogP contribution in [0.4, 0.5) is 0 Å². The van der Waals surface area contributed by atoms with Gasteiger partial charge in [-0.05, 0) is 48.2 Å². The minimum Gasteiger partial charge on any atom is -0.352 e. The normalized spacial score (nSPS) is 17.2. The molecule has 4 heteroatoms. The summed E-state index contributed by atoms with van der Waals surface area (Å²) < 4.78 is 0. The average Bonchev–Trinajstić information content (AvgIpc) is 3.07. The molecule has 1 aliphatic heterocycles. The fourth-order valence-corrected chi connectivity index (χ4v) is 3.13. The van der Waals surface area contributed by atoms with Crippen LogP contribution in [0.3, 0.4) is 0 Å². The van der Waals surface area contributed by atoms with Crippen LogP contribution in [0.5, 0.6) is 0 Å². The van der Waals surface area contributed by atoms with Crippen LogP contribution in [0.25, 0.3) is 11.1 Å². The molecule has 1 amide bonds. The minimum absolute atomic E-state index is 0.107. The van der Waals surface area contributed by atoms with Crippen LogP contribution in [0, 0.1) is 0 Å². The zero-order chi connectivity index (χ0) is 16.1. The number of halogens is 1. The Morgan fingerprint density at radius 1 is 1.17 bits per heavy atom. The summed E-state index contributed by atoms with van der Waals surface area (Å²) >= 11 is 5.96. The summed E-state index contributed by atoms with van der Waals surface area (Å²) in [5.74, 6) is 0.107. The highest BCUT2D eigenvalue weighted by Crippen LogP contribution is 2.25. The number of amides is 1. The molecule has 1 heterocycles. The number of hydrogen-bond acceptors (Lipinski definition) is 2. The third-order valence-corrected chi connectivity index (χ3v) is 4.49. The molecule has 23 heavy (non-hydrogen) atoms. The van der Waals surface area contributed by atoms with Gasteiger partial charge >= 0.3 is 0 Å². The lowest BCUT2D eigenvalue weighted by molar-refractivity contribution is -0.121. The second-order valence-electron chi connectivity index (χ2n) is 5.94. The Morgan fingerprint density at radius 3 is 2.70 bits per heavy atom. The number of carbonyl (C=O) groups is 1. The highest BCUT2D eigenvalue weighted by molar-refractivity contribution is 6.30. The van der Waals surface area contributed by atoms with Crippen molar-refractivity contribution in [2.45, 2.75) is 31.8 Å². The fourth-order valence-electron chi connectivity index (χ4n) is 3.01. The van der Waals surface area contributed by atoms with Crippen molar-refractivity contribution in [1.82, 2.24) is 10.6 Å².